The lowest BCUT2D eigenvalue weighted by atomic mass is 10.0. The van der Waals surface area contributed by atoms with Crippen LogP contribution in [-0.2, 0) is 0 Å². The molecule has 1 N–H and O–H groups in total. The molecule has 3 nitrogen and oxygen atoms in total. The summed E-state index contributed by atoms with van der Waals surface area (Å²) in [5.74, 6) is 0. The van der Waals surface area contributed by atoms with Gasteiger partial charge in [-0.15, -0.1) is 11.3 Å². The predicted molar refractivity (Wildman–Crippen MR) is 209 cm³/mol. The van der Waals surface area contributed by atoms with Crippen LogP contribution in [0.25, 0.3) is 89.2 Å². The highest BCUT2D eigenvalue weighted by atomic mass is 32.1. The lowest BCUT2D eigenvalue weighted by Gasteiger charge is -2.07. The molecule has 8 bridgehead atoms. The maximum Gasteiger partial charge on any atom is 0.0738 e. The first-order valence-corrected chi connectivity index (χ1v) is 18.6. The lowest BCUT2D eigenvalue weighted by Crippen LogP contribution is -1.91. The van der Waals surface area contributed by atoms with Gasteiger partial charge in [-0.05, 0) is 118 Å². The SMILES string of the molecule is Cc1ccc(-c2c3nc(c(-c4ccc(C)cc4)c4ccc([nH]4)c(-c4ccsc4)c4ccc(s4)c(-c4ccsc4)c4nc2C=C4)C=C3)cc1. The van der Waals surface area contributed by atoms with Crippen molar-refractivity contribution in [2.24, 2.45) is 0 Å². The molecular weight excluding hydrogens is 643 g/mol. The van der Waals surface area contributed by atoms with Gasteiger partial charge in [-0.25, -0.2) is 9.97 Å². The second kappa shape index (κ2) is 11.8. The summed E-state index contributed by atoms with van der Waals surface area (Å²) in [6, 6.07) is 30.8. The average Bonchev–Trinajstić information content (AvgIpc) is 3.94. The van der Waals surface area contributed by atoms with E-state index in [1.54, 1.807) is 22.7 Å². The fourth-order valence-corrected chi connectivity index (χ4v) is 9.00. The third-order valence-corrected chi connectivity index (χ3v) is 11.4. The molecule has 0 aliphatic carbocycles. The molecule has 0 unspecified atom stereocenters. The summed E-state index contributed by atoms with van der Waals surface area (Å²) in [7, 11) is 0. The van der Waals surface area contributed by atoms with Gasteiger partial charge in [0.2, 0.25) is 0 Å². The first kappa shape index (κ1) is 29.0. The molecule has 0 radical (unpaired) electrons. The molecule has 2 aliphatic rings. The summed E-state index contributed by atoms with van der Waals surface area (Å²) < 4.78 is 2.40. The molecule has 7 aromatic rings. The van der Waals surface area contributed by atoms with Crippen LogP contribution in [0.5, 0.6) is 0 Å². The van der Waals surface area contributed by atoms with Gasteiger partial charge in [-0.3, -0.25) is 0 Å². The number of hydrogen-bond acceptors (Lipinski definition) is 5. The van der Waals surface area contributed by atoms with Crippen molar-refractivity contribution in [1.29, 1.82) is 0 Å². The number of aromatic nitrogens is 3. The number of rotatable bonds is 4. The molecule has 6 heteroatoms. The van der Waals surface area contributed by atoms with Crippen LogP contribution in [0.15, 0.2) is 106 Å². The topological polar surface area (TPSA) is 41.6 Å². The standard InChI is InChI=1S/C42H29N3S3/c1-25-3-7-27(8-4-25)39-31-11-12-32(43-31)40(28-9-5-26(2)6-10-28)34-14-16-36(45-34)42(30-20-22-47-24-30)38-18-17-37(48-38)41(29-19-21-46-23-29)35-15-13-33(39)44-35/h3-24,44H,1-2H3. The smallest absolute Gasteiger partial charge is 0.0738 e. The number of thiophene rings is 3. The number of benzene rings is 2. The Balaban J connectivity index is 1.47. The van der Waals surface area contributed by atoms with Gasteiger partial charge in [-0.2, -0.15) is 22.7 Å². The van der Waals surface area contributed by atoms with Gasteiger partial charge < -0.3 is 4.98 Å². The Morgan fingerprint density at radius 1 is 0.438 bits per heavy atom. The fraction of sp³-hybridized carbons (Fsp3) is 0.0476. The van der Waals surface area contributed by atoms with E-state index >= 15 is 0 Å². The Bertz CT molecular complexity index is 2540. The van der Waals surface area contributed by atoms with Gasteiger partial charge in [0, 0.05) is 42.7 Å². The second-order valence-electron chi connectivity index (χ2n) is 12.1. The average molecular weight is 672 g/mol. The molecule has 0 fully saturated rings. The zero-order valence-corrected chi connectivity index (χ0v) is 28.8. The molecule has 2 aliphatic heterocycles. The Morgan fingerprint density at radius 2 is 0.896 bits per heavy atom. The highest BCUT2D eigenvalue weighted by Crippen LogP contribution is 2.41. The number of aromatic amines is 1. The van der Waals surface area contributed by atoms with Gasteiger partial charge in [0.15, 0.2) is 0 Å². The Hall–Kier alpha value is -5.14. The summed E-state index contributed by atoms with van der Waals surface area (Å²) >= 11 is 5.25. The van der Waals surface area contributed by atoms with E-state index < -0.39 is 0 Å². The molecule has 0 amide bonds. The number of aryl methyl sites for hydroxylation is 2. The summed E-state index contributed by atoms with van der Waals surface area (Å²) in [4.78, 5) is 14.6. The van der Waals surface area contributed by atoms with Crippen molar-refractivity contribution < 1.29 is 0 Å². The lowest BCUT2D eigenvalue weighted by molar-refractivity contribution is 1.28. The van der Waals surface area contributed by atoms with Gasteiger partial charge in [0.05, 0.1) is 22.8 Å². The largest absolute Gasteiger partial charge is 0.354 e. The van der Waals surface area contributed by atoms with Crippen LogP contribution >= 0.6 is 34.0 Å². The van der Waals surface area contributed by atoms with Crippen molar-refractivity contribution in [2.45, 2.75) is 13.8 Å². The number of fused-ring (bicyclic) bond motifs is 8. The van der Waals surface area contributed by atoms with Crippen LogP contribution in [0.3, 0.4) is 0 Å². The first-order valence-electron chi connectivity index (χ1n) is 15.9. The van der Waals surface area contributed by atoms with E-state index in [1.165, 1.54) is 37.2 Å². The van der Waals surface area contributed by atoms with Crippen LogP contribution in [0.2, 0.25) is 0 Å². The molecule has 0 atom stereocenters. The minimum atomic E-state index is 0.906. The molecular formula is C42H29N3S3. The summed E-state index contributed by atoms with van der Waals surface area (Å²) in [5.41, 5.74) is 17.3. The van der Waals surface area contributed by atoms with Gasteiger partial charge in [-0.1, -0.05) is 59.7 Å². The maximum atomic E-state index is 5.37. The third kappa shape index (κ3) is 5.10. The highest BCUT2D eigenvalue weighted by Gasteiger charge is 2.19. The zero-order chi connectivity index (χ0) is 32.2. The number of hydrogen-bond donors (Lipinski definition) is 1. The number of nitrogens with one attached hydrogen (secondary N) is 1. The van der Waals surface area contributed by atoms with Crippen LogP contribution in [0.4, 0.5) is 0 Å². The Kier molecular flexibility index (Phi) is 7.16. The van der Waals surface area contributed by atoms with Crippen molar-refractivity contribution in [2.75, 3.05) is 0 Å². The predicted octanol–water partition coefficient (Wildman–Crippen LogP) is 12.8. The molecule has 2 aromatic carbocycles. The molecule has 48 heavy (non-hydrogen) atoms. The summed E-state index contributed by atoms with van der Waals surface area (Å²) in [6.45, 7) is 4.25. The number of nitrogens with zero attached hydrogens (tertiary/aromatic N) is 2. The normalized spacial score (nSPS) is 12.2. The van der Waals surface area contributed by atoms with Gasteiger partial charge in [0.1, 0.15) is 0 Å². The molecule has 0 saturated carbocycles. The minimum absolute atomic E-state index is 0.906. The highest BCUT2D eigenvalue weighted by molar-refractivity contribution is 7.24. The zero-order valence-electron chi connectivity index (χ0n) is 26.3. The quantitative estimate of drug-likeness (QED) is 0.202. The monoisotopic (exact) mass is 671 g/mol. The van der Waals surface area contributed by atoms with Crippen molar-refractivity contribution in [3.05, 3.63) is 140 Å². The Labute approximate surface area is 290 Å². The first-order chi connectivity index (χ1) is 23.6. The summed E-state index contributed by atoms with van der Waals surface area (Å²) in [6.07, 6.45) is 8.62. The van der Waals surface area contributed by atoms with E-state index in [0.29, 0.717) is 0 Å². The second-order valence-corrected chi connectivity index (χ2v) is 14.8. The maximum absolute atomic E-state index is 5.37. The molecule has 7 heterocycles. The summed E-state index contributed by atoms with van der Waals surface area (Å²) in [5, 5.41) is 8.75. The fourth-order valence-electron chi connectivity index (χ4n) is 6.54. The van der Waals surface area contributed by atoms with E-state index in [0.717, 1.165) is 61.6 Å². The molecule has 230 valence electrons. The van der Waals surface area contributed by atoms with E-state index in [1.807, 2.05) is 11.3 Å². The molecule has 0 spiro atoms. The third-order valence-electron chi connectivity index (χ3n) is 8.93. The van der Waals surface area contributed by atoms with E-state index in [2.05, 4.69) is 150 Å². The van der Waals surface area contributed by atoms with E-state index in [4.69, 9.17) is 9.97 Å². The van der Waals surface area contributed by atoms with Gasteiger partial charge in [0.25, 0.3) is 0 Å². The molecule has 0 saturated heterocycles. The minimum Gasteiger partial charge on any atom is -0.354 e. The van der Waals surface area contributed by atoms with Crippen molar-refractivity contribution >= 4 is 78.7 Å². The van der Waals surface area contributed by atoms with Crippen LogP contribution < -0.4 is 0 Å². The Morgan fingerprint density at radius 3 is 1.44 bits per heavy atom. The van der Waals surface area contributed by atoms with E-state index in [-0.39, 0.29) is 0 Å². The molecule has 9 rings (SSSR count). The van der Waals surface area contributed by atoms with Crippen LogP contribution in [0.1, 0.15) is 33.9 Å². The van der Waals surface area contributed by atoms with Crippen molar-refractivity contribution in [3.8, 4) is 44.5 Å². The van der Waals surface area contributed by atoms with E-state index in [9.17, 15) is 0 Å². The van der Waals surface area contributed by atoms with Gasteiger partial charge >= 0.3 is 0 Å². The van der Waals surface area contributed by atoms with Crippen molar-refractivity contribution in [1.82, 2.24) is 15.0 Å². The van der Waals surface area contributed by atoms with Crippen LogP contribution in [-0.4, -0.2) is 15.0 Å². The van der Waals surface area contributed by atoms with Crippen LogP contribution in [0, 0.1) is 13.8 Å². The number of H-pyrrole nitrogens is 1. The molecule has 5 aromatic heterocycles. The van der Waals surface area contributed by atoms with Crippen molar-refractivity contribution in [3.63, 3.8) is 0 Å².